The van der Waals surface area contributed by atoms with E-state index >= 15 is 0 Å². The molecule has 0 amide bonds. The third-order valence-electron chi connectivity index (χ3n) is 3.67. The third kappa shape index (κ3) is 5.51. The first-order chi connectivity index (χ1) is 11.1. The molecule has 2 N–H and O–H groups in total. The van der Waals surface area contributed by atoms with Crippen LogP contribution in [0.4, 0.5) is 11.4 Å². The Labute approximate surface area is 145 Å². The number of rotatable bonds is 8. The van der Waals surface area contributed by atoms with E-state index in [0.29, 0.717) is 5.92 Å². The number of nitrogen functional groups attached to an aromatic ring is 1. The fourth-order valence-corrected chi connectivity index (χ4v) is 3.57. The summed E-state index contributed by atoms with van der Waals surface area (Å²) in [7, 11) is 0. The highest BCUT2D eigenvalue weighted by molar-refractivity contribution is 7.98. The van der Waals surface area contributed by atoms with Gasteiger partial charge in [0, 0.05) is 23.7 Å². The molecule has 2 nitrogen and oxygen atoms in total. The van der Waals surface area contributed by atoms with Crippen molar-refractivity contribution < 1.29 is 0 Å². The summed E-state index contributed by atoms with van der Waals surface area (Å²) in [5.41, 5.74) is 9.74. The molecule has 2 rings (SSSR count). The first-order valence-electron chi connectivity index (χ1n) is 8.41. The number of thioether (sulfide) groups is 1. The molecule has 0 heterocycles. The van der Waals surface area contributed by atoms with Crippen molar-refractivity contribution in [2.24, 2.45) is 5.92 Å². The fraction of sp³-hybridized carbons (Fsp3) is 0.400. The van der Waals surface area contributed by atoms with E-state index in [2.05, 4.69) is 74.2 Å². The van der Waals surface area contributed by atoms with Gasteiger partial charge in [-0.05, 0) is 36.1 Å². The molecule has 0 fully saturated rings. The molecule has 0 saturated carbocycles. The molecule has 2 aromatic carbocycles. The topological polar surface area (TPSA) is 29.3 Å². The van der Waals surface area contributed by atoms with Crippen LogP contribution in [0.1, 0.15) is 32.8 Å². The van der Waals surface area contributed by atoms with Crippen LogP contribution in [-0.2, 0) is 5.75 Å². The van der Waals surface area contributed by atoms with Crippen LogP contribution in [0.3, 0.4) is 0 Å². The minimum Gasteiger partial charge on any atom is -0.397 e. The first-order valence-corrected chi connectivity index (χ1v) is 9.40. The molecule has 0 spiro atoms. The number of hydrogen-bond acceptors (Lipinski definition) is 3. The number of nitrogens with two attached hydrogens (primary N) is 1. The lowest BCUT2D eigenvalue weighted by atomic mass is 10.1. The Kier molecular flexibility index (Phi) is 6.85. The van der Waals surface area contributed by atoms with Gasteiger partial charge in [-0.3, -0.25) is 0 Å². The van der Waals surface area contributed by atoms with E-state index < -0.39 is 0 Å². The number of benzene rings is 2. The molecule has 0 aliphatic carbocycles. The van der Waals surface area contributed by atoms with Crippen LogP contribution in [0.5, 0.6) is 0 Å². The second-order valence-electron chi connectivity index (χ2n) is 6.33. The number of nitrogens with zero attached hydrogens (tertiary/aromatic N) is 1. The molecule has 0 aliphatic rings. The molecule has 3 heteroatoms. The van der Waals surface area contributed by atoms with E-state index in [4.69, 9.17) is 5.73 Å². The van der Waals surface area contributed by atoms with Crippen molar-refractivity contribution in [3.05, 3.63) is 54.1 Å². The van der Waals surface area contributed by atoms with Gasteiger partial charge in [0.15, 0.2) is 0 Å². The summed E-state index contributed by atoms with van der Waals surface area (Å²) >= 11 is 1.84. The van der Waals surface area contributed by atoms with Gasteiger partial charge in [0.05, 0.1) is 11.4 Å². The molecule has 0 aromatic heterocycles. The largest absolute Gasteiger partial charge is 0.397 e. The average molecular weight is 329 g/mol. The second kappa shape index (κ2) is 8.88. The van der Waals surface area contributed by atoms with Gasteiger partial charge >= 0.3 is 0 Å². The zero-order valence-electron chi connectivity index (χ0n) is 14.5. The summed E-state index contributed by atoms with van der Waals surface area (Å²) < 4.78 is 0. The standard InChI is InChI=1S/C20H28N2S/c1-4-12-22(14-16(2)3)20-11-10-18(13-19(20)21)23-15-17-8-6-5-7-9-17/h5-11,13,16H,4,12,14-15,21H2,1-3H3. The van der Waals surface area contributed by atoms with Crippen molar-refractivity contribution in [2.75, 3.05) is 23.7 Å². The Bertz CT molecular complexity index is 596. The summed E-state index contributed by atoms with van der Waals surface area (Å²) in [6.07, 6.45) is 1.14. The smallest absolute Gasteiger partial charge is 0.0600 e. The van der Waals surface area contributed by atoms with Crippen LogP contribution in [0, 0.1) is 5.92 Å². The second-order valence-corrected chi connectivity index (χ2v) is 7.38. The van der Waals surface area contributed by atoms with Crippen molar-refractivity contribution >= 4 is 23.1 Å². The molecule has 0 bridgehead atoms. The number of hydrogen-bond donors (Lipinski definition) is 1. The van der Waals surface area contributed by atoms with E-state index in [1.54, 1.807) is 0 Å². The van der Waals surface area contributed by atoms with Gasteiger partial charge in [0.25, 0.3) is 0 Å². The van der Waals surface area contributed by atoms with Crippen LogP contribution >= 0.6 is 11.8 Å². The lowest BCUT2D eigenvalue weighted by Crippen LogP contribution is -2.29. The average Bonchev–Trinajstić information content (AvgIpc) is 2.53. The van der Waals surface area contributed by atoms with Gasteiger partial charge in [-0.25, -0.2) is 0 Å². The van der Waals surface area contributed by atoms with E-state index in [1.807, 2.05) is 11.8 Å². The zero-order chi connectivity index (χ0) is 16.7. The lowest BCUT2D eigenvalue weighted by Gasteiger charge is -2.27. The first kappa shape index (κ1) is 17.7. The highest BCUT2D eigenvalue weighted by Crippen LogP contribution is 2.31. The molecule has 2 aromatic rings. The Hall–Kier alpha value is -1.61. The molecule has 0 saturated heterocycles. The third-order valence-corrected chi connectivity index (χ3v) is 4.73. The number of anilines is 2. The maximum absolute atomic E-state index is 6.34. The minimum atomic E-state index is 0.632. The highest BCUT2D eigenvalue weighted by Gasteiger charge is 2.11. The fourth-order valence-electron chi connectivity index (χ4n) is 2.67. The van der Waals surface area contributed by atoms with Crippen LogP contribution in [0.25, 0.3) is 0 Å². The Morgan fingerprint density at radius 2 is 1.83 bits per heavy atom. The zero-order valence-corrected chi connectivity index (χ0v) is 15.3. The molecular weight excluding hydrogens is 300 g/mol. The van der Waals surface area contributed by atoms with Crippen molar-refractivity contribution in [2.45, 2.75) is 37.8 Å². The quantitative estimate of drug-likeness (QED) is 0.517. The van der Waals surface area contributed by atoms with Gasteiger partial charge in [0.2, 0.25) is 0 Å². The molecule has 0 radical (unpaired) electrons. The highest BCUT2D eigenvalue weighted by atomic mass is 32.2. The van der Waals surface area contributed by atoms with Crippen molar-refractivity contribution in [1.29, 1.82) is 0 Å². The Morgan fingerprint density at radius 3 is 2.43 bits per heavy atom. The predicted octanol–water partition coefficient (Wildman–Crippen LogP) is 5.43. The van der Waals surface area contributed by atoms with Gasteiger partial charge in [0.1, 0.15) is 0 Å². The van der Waals surface area contributed by atoms with E-state index in [-0.39, 0.29) is 0 Å². The summed E-state index contributed by atoms with van der Waals surface area (Å²) in [6, 6.07) is 17.0. The Morgan fingerprint density at radius 1 is 1.09 bits per heavy atom. The summed E-state index contributed by atoms with van der Waals surface area (Å²) in [4.78, 5) is 3.64. The summed E-state index contributed by atoms with van der Waals surface area (Å²) in [6.45, 7) is 8.83. The van der Waals surface area contributed by atoms with Crippen LogP contribution in [0.2, 0.25) is 0 Å². The Balaban J connectivity index is 2.06. The minimum absolute atomic E-state index is 0.632. The van der Waals surface area contributed by atoms with Gasteiger partial charge < -0.3 is 10.6 Å². The molecule has 0 atom stereocenters. The van der Waals surface area contributed by atoms with E-state index in [9.17, 15) is 0 Å². The molecule has 0 aliphatic heterocycles. The predicted molar refractivity (Wildman–Crippen MR) is 104 cm³/mol. The van der Waals surface area contributed by atoms with Gasteiger partial charge in [-0.1, -0.05) is 51.1 Å². The normalized spacial score (nSPS) is 11.0. The molecular formula is C20H28N2S. The maximum atomic E-state index is 6.34. The monoisotopic (exact) mass is 328 g/mol. The van der Waals surface area contributed by atoms with E-state index in [0.717, 1.165) is 31.0 Å². The summed E-state index contributed by atoms with van der Waals surface area (Å²) in [5, 5.41) is 0. The molecule has 23 heavy (non-hydrogen) atoms. The van der Waals surface area contributed by atoms with Crippen LogP contribution < -0.4 is 10.6 Å². The summed E-state index contributed by atoms with van der Waals surface area (Å²) in [5.74, 6) is 1.61. The lowest BCUT2D eigenvalue weighted by molar-refractivity contribution is 0.606. The van der Waals surface area contributed by atoms with Gasteiger partial charge in [-0.2, -0.15) is 0 Å². The van der Waals surface area contributed by atoms with Crippen LogP contribution in [-0.4, -0.2) is 13.1 Å². The van der Waals surface area contributed by atoms with Crippen molar-refractivity contribution in [3.8, 4) is 0 Å². The SMILES string of the molecule is CCCN(CC(C)C)c1ccc(SCc2ccccc2)cc1N. The molecule has 124 valence electrons. The van der Waals surface area contributed by atoms with Crippen molar-refractivity contribution in [3.63, 3.8) is 0 Å². The van der Waals surface area contributed by atoms with E-state index in [1.165, 1.54) is 16.1 Å². The molecule has 0 unspecified atom stereocenters. The van der Waals surface area contributed by atoms with Crippen LogP contribution in [0.15, 0.2) is 53.4 Å². The van der Waals surface area contributed by atoms with Gasteiger partial charge in [-0.15, -0.1) is 11.8 Å². The maximum Gasteiger partial charge on any atom is 0.0600 e. The van der Waals surface area contributed by atoms with Crippen molar-refractivity contribution in [1.82, 2.24) is 0 Å².